The highest BCUT2D eigenvalue weighted by molar-refractivity contribution is 5.92. The van der Waals surface area contributed by atoms with Gasteiger partial charge in [0.15, 0.2) is 0 Å². The molecule has 2 atom stereocenters. The first-order valence-corrected chi connectivity index (χ1v) is 8.25. The molecule has 24 heavy (non-hydrogen) atoms. The van der Waals surface area contributed by atoms with Gasteiger partial charge in [-0.05, 0) is 24.3 Å². The van der Waals surface area contributed by atoms with Crippen LogP contribution in [0.5, 0.6) is 0 Å². The van der Waals surface area contributed by atoms with Gasteiger partial charge in [0, 0.05) is 12.7 Å². The Labute approximate surface area is 139 Å². The van der Waals surface area contributed by atoms with Crippen LogP contribution in [0.1, 0.15) is 35.0 Å². The molecule has 1 aliphatic carbocycles. The summed E-state index contributed by atoms with van der Waals surface area (Å²) < 4.78 is 6.26. The average Bonchev–Trinajstić information content (AvgIpc) is 3.47. The second-order valence-corrected chi connectivity index (χ2v) is 6.42. The number of hydrogen-bond acceptors (Lipinski definition) is 4. The standard InChI is InChI=1S/C18H19N3O3/c22-17-9-19-14(8-20-17)18(23)21-10-15(12-4-2-1-3-5-12)24-16(11-21)13-6-7-13/h1-5,8-9,13,15-16H,6-7,10-11H2,(H,20,22)/t15-,16+/m0/s1. The van der Waals surface area contributed by atoms with E-state index in [4.69, 9.17) is 4.74 Å². The molecule has 4 rings (SSSR count). The SMILES string of the molecule is O=C(c1c[nH]c(=O)cn1)N1C[C@@H](c2ccccc2)O[C@@H](C2CC2)C1. The number of ether oxygens (including phenoxy) is 1. The fourth-order valence-electron chi connectivity index (χ4n) is 3.16. The van der Waals surface area contributed by atoms with E-state index < -0.39 is 0 Å². The van der Waals surface area contributed by atoms with Crippen molar-refractivity contribution in [1.82, 2.24) is 14.9 Å². The van der Waals surface area contributed by atoms with Gasteiger partial charge in [0.25, 0.3) is 11.5 Å². The van der Waals surface area contributed by atoms with Gasteiger partial charge < -0.3 is 14.6 Å². The number of rotatable bonds is 3. The molecule has 0 bridgehead atoms. The lowest BCUT2D eigenvalue weighted by Crippen LogP contribution is -2.48. The summed E-state index contributed by atoms with van der Waals surface area (Å²) in [5.74, 6) is 0.372. The van der Waals surface area contributed by atoms with Gasteiger partial charge in [-0.15, -0.1) is 0 Å². The number of amides is 1. The van der Waals surface area contributed by atoms with Crippen molar-refractivity contribution in [3.63, 3.8) is 0 Å². The summed E-state index contributed by atoms with van der Waals surface area (Å²) in [7, 11) is 0. The Morgan fingerprint density at radius 1 is 1.21 bits per heavy atom. The molecule has 0 unspecified atom stereocenters. The predicted octanol–water partition coefficient (Wildman–Crippen LogP) is 1.76. The van der Waals surface area contributed by atoms with Crippen LogP contribution in [0.4, 0.5) is 0 Å². The van der Waals surface area contributed by atoms with Gasteiger partial charge in [-0.1, -0.05) is 30.3 Å². The lowest BCUT2D eigenvalue weighted by molar-refractivity contribution is -0.0865. The maximum absolute atomic E-state index is 12.8. The van der Waals surface area contributed by atoms with E-state index in [1.807, 2.05) is 30.3 Å². The molecule has 2 aliphatic rings. The van der Waals surface area contributed by atoms with Gasteiger partial charge in [0.1, 0.15) is 11.8 Å². The molecule has 124 valence electrons. The molecule has 0 spiro atoms. The van der Waals surface area contributed by atoms with Crippen molar-refractivity contribution in [2.75, 3.05) is 13.1 Å². The van der Waals surface area contributed by atoms with Crippen molar-refractivity contribution in [2.24, 2.45) is 5.92 Å². The quantitative estimate of drug-likeness (QED) is 0.933. The molecule has 2 fully saturated rings. The minimum Gasteiger partial charge on any atom is -0.366 e. The maximum atomic E-state index is 12.8. The highest BCUT2D eigenvalue weighted by Crippen LogP contribution is 2.39. The zero-order valence-corrected chi connectivity index (χ0v) is 13.2. The second-order valence-electron chi connectivity index (χ2n) is 6.42. The number of aromatic nitrogens is 2. The molecule has 1 aromatic heterocycles. The Kier molecular flexibility index (Phi) is 3.90. The molecular formula is C18H19N3O3. The summed E-state index contributed by atoms with van der Waals surface area (Å²) in [6.45, 7) is 1.07. The lowest BCUT2D eigenvalue weighted by atomic mass is 10.0. The fourth-order valence-corrected chi connectivity index (χ4v) is 3.16. The van der Waals surface area contributed by atoms with Crippen LogP contribution in [0.3, 0.4) is 0 Å². The zero-order chi connectivity index (χ0) is 16.5. The number of morpholine rings is 1. The van der Waals surface area contributed by atoms with Crippen molar-refractivity contribution in [2.45, 2.75) is 25.0 Å². The molecule has 2 aromatic rings. The normalized spacial score (nSPS) is 23.9. The third-order valence-electron chi connectivity index (χ3n) is 4.62. The first-order chi connectivity index (χ1) is 11.7. The fraction of sp³-hybridized carbons (Fsp3) is 0.389. The van der Waals surface area contributed by atoms with Gasteiger partial charge >= 0.3 is 0 Å². The number of carbonyl (C=O) groups excluding carboxylic acids is 1. The van der Waals surface area contributed by atoms with E-state index >= 15 is 0 Å². The monoisotopic (exact) mass is 325 g/mol. The molecule has 1 N–H and O–H groups in total. The third kappa shape index (κ3) is 3.10. The first-order valence-electron chi connectivity index (χ1n) is 8.25. The summed E-state index contributed by atoms with van der Waals surface area (Å²) >= 11 is 0. The largest absolute Gasteiger partial charge is 0.366 e. The van der Waals surface area contributed by atoms with Crippen LogP contribution in [-0.2, 0) is 4.74 Å². The van der Waals surface area contributed by atoms with Crippen molar-refractivity contribution in [3.8, 4) is 0 Å². The Morgan fingerprint density at radius 3 is 2.67 bits per heavy atom. The van der Waals surface area contributed by atoms with E-state index in [1.54, 1.807) is 4.90 Å². The smallest absolute Gasteiger partial charge is 0.274 e. The number of hydrogen-bond donors (Lipinski definition) is 1. The number of benzene rings is 1. The molecule has 6 heteroatoms. The summed E-state index contributed by atoms with van der Waals surface area (Å²) in [5.41, 5.74) is 1.03. The lowest BCUT2D eigenvalue weighted by Gasteiger charge is -2.38. The topological polar surface area (TPSA) is 75.3 Å². The number of nitrogens with one attached hydrogen (secondary N) is 1. The number of H-pyrrole nitrogens is 1. The first kappa shape index (κ1) is 15.1. The van der Waals surface area contributed by atoms with Crippen LogP contribution < -0.4 is 5.56 Å². The van der Waals surface area contributed by atoms with E-state index in [0.717, 1.165) is 24.6 Å². The van der Waals surface area contributed by atoms with Crippen molar-refractivity contribution < 1.29 is 9.53 Å². The van der Waals surface area contributed by atoms with E-state index in [9.17, 15) is 9.59 Å². The molecule has 6 nitrogen and oxygen atoms in total. The molecule has 1 saturated heterocycles. The molecule has 1 amide bonds. The van der Waals surface area contributed by atoms with Crippen molar-refractivity contribution in [3.05, 3.63) is 64.3 Å². The van der Waals surface area contributed by atoms with Crippen LogP contribution in [0.2, 0.25) is 0 Å². The van der Waals surface area contributed by atoms with Gasteiger partial charge in [0.2, 0.25) is 0 Å². The molecule has 1 aromatic carbocycles. The van der Waals surface area contributed by atoms with Gasteiger partial charge in [-0.2, -0.15) is 0 Å². The van der Waals surface area contributed by atoms with Gasteiger partial charge in [-0.25, -0.2) is 4.98 Å². The Balaban J connectivity index is 1.58. The predicted molar refractivity (Wildman–Crippen MR) is 87.5 cm³/mol. The maximum Gasteiger partial charge on any atom is 0.274 e. The molecule has 1 saturated carbocycles. The summed E-state index contributed by atoms with van der Waals surface area (Å²) in [6.07, 6.45) is 4.77. The van der Waals surface area contributed by atoms with Crippen LogP contribution in [0.25, 0.3) is 0 Å². The summed E-state index contributed by atoms with van der Waals surface area (Å²) in [5, 5.41) is 0. The van der Waals surface area contributed by atoms with E-state index in [0.29, 0.717) is 19.0 Å². The molecule has 1 aliphatic heterocycles. The van der Waals surface area contributed by atoms with Crippen LogP contribution in [0.15, 0.2) is 47.5 Å². The molecule has 0 radical (unpaired) electrons. The zero-order valence-electron chi connectivity index (χ0n) is 13.2. The number of nitrogens with zero attached hydrogens (tertiary/aromatic N) is 2. The van der Waals surface area contributed by atoms with E-state index in [2.05, 4.69) is 9.97 Å². The summed E-state index contributed by atoms with van der Waals surface area (Å²) in [4.78, 5) is 32.2. The third-order valence-corrected chi connectivity index (χ3v) is 4.62. The van der Waals surface area contributed by atoms with Gasteiger partial charge in [0.05, 0.1) is 18.8 Å². The molecular weight excluding hydrogens is 306 g/mol. The van der Waals surface area contributed by atoms with Crippen molar-refractivity contribution >= 4 is 5.91 Å². The van der Waals surface area contributed by atoms with E-state index in [1.165, 1.54) is 6.20 Å². The minimum atomic E-state index is -0.313. The Bertz CT molecular complexity index is 765. The minimum absolute atomic E-state index is 0.0654. The van der Waals surface area contributed by atoms with Gasteiger partial charge in [-0.3, -0.25) is 9.59 Å². The van der Waals surface area contributed by atoms with E-state index in [-0.39, 0.29) is 29.4 Å². The van der Waals surface area contributed by atoms with Crippen LogP contribution in [-0.4, -0.2) is 40.0 Å². The Hall–Kier alpha value is -2.47. The molecule has 2 heterocycles. The van der Waals surface area contributed by atoms with Crippen LogP contribution >= 0.6 is 0 Å². The summed E-state index contributed by atoms with van der Waals surface area (Å²) in [6, 6.07) is 9.99. The highest BCUT2D eigenvalue weighted by Gasteiger charge is 2.40. The van der Waals surface area contributed by atoms with Crippen molar-refractivity contribution in [1.29, 1.82) is 0 Å². The Morgan fingerprint density at radius 2 is 2.00 bits per heavy atom. The number of carbonyl (C=O) groups is 1. The number of aromatic amines is 1. The second kappa shape index (κ2) is 6.20. The average molecular weight is 325 g/mol. The van der Waals surface area contributed by atoms with Crippen LogP contribution in [0, 0.1) is 5.92 Å². The highest BCUT2D eigenvalue weighted by atomic mass is 16.5.